The minimum Gasteiger partial charge on any atom is -0.384 e. The van der Waals surface area contributed by atoms with E-state index in [0.717, 1.165) is 6.20 Å². The molecule has 3 atom stereocenters. The van der Waals surface area contributed by atoms with Gasteiger partial charge < -0.3 is 15.6 Å². The van der Waals surface area contributed by atoms with Crippen molar-refractivity contribution in [3.8, 4) is 0 Å². The number of halogens is 2. The number of aliphatic hydroxyl groups is 1. The highest BCUT2D eigenvalue weighted by Crippen LogP contribution is 2.45. The first-order valence-electron chi connectivity index (χ1n) is 6.58. The Kier molecular flexibility index (Phi) is 3.79. The molecule has 0 spiro atoms. The molecule has 2 heterocycles. The molecule has 118 valence electrons. The van der Waals surface area contributed by atoms with Gasteiger partial charge in [0.15, 0.2) is 0 Å². The Morgan fingerprint density at radius 1 is 1.52 bits per heavy atom. The summed E-state index contributed by atoms with van der Waals surface area (Å²) < 4.78 is 34.3. The van der Waals surface area contributed by atoms with Crippen LogP contribution in [0, 0.1) is 5.41 Å². The van der Waals surface area contributed by atoms with Crippen LogP contribution in [-0.2, 0) is 4.74 Å². The number of anilines is 1. The van der Waals surface area contributed by atoms with E-state index in [-0.39, 0.29) is 17.7 Å². The highest BCUT2D eigenvalue weighted by Gasteiger charge is 2.59. The van der Waals surface area contributed by atoms with Crippen LogP contribution in [0.5, 0.6) is 0 Å². The Balaban J connectivity index is 2.34. The Morgan fingerprint density at radius 3 is 2.67 bits per heavy atom. The topological polar surface area (TPSA) is 90.4 Å². The van der Waals surface area contributed by atoms with Crippen LogP contribution in [0.25, 0.3) is 0 Å². The molecule has 8 heteroatoms. The molecule has 0 amide bonds. The van der Waals surface area contributed by atoms with Crippen molar-refractivity contribution in [3.63, 3.8) is 0 Å². The van der Waals surface area contributed by atoms with Crippen molar-refractivity contribution < 1.29 is 18.6 Å². The summed E-state index contributed by atoms with van der Waals surface area (Å²) >= 11 is 0. The third-order valence-electron chi connectivity index (χ3n) is 3.30. The number of rotatable bonds is 2. The van der Waals surface area contributed by atoms with Crippen molar-refractivity contribution in [2.75, 3.05) is 5.73 Å². The zero-order valence-corrected chi connectivity index (χ0v) is 12.1. The molecule has 1 fully saturated rings. The van der Waals surface area contributed by atoms with E-state index >= 15 is 0 Å². The summed E-state index contributed by atoms with van der Waals surface area (Å²) in [6, 6.07) is 1.23. The van der Waals surface area contributed by atoms with Gasteiger partial charge in [0, 0.05) is 6.20 Å². The molecular formula is C13H19F2N3O3. The van der Waals surface area contributed by atoms with Crippen LogP contribution < -0.4 is 11.4 Å². The van der Waals surface area contributed by atoms with Crippen LogP contribution in [0.2, 0.25) is 0 Å². The van der Waals surface area contributed by atoms with Gasteiger partial charge in [-0.25, -0.2) is 4.79 Å². The second-order valence-corrected chi connectivity index (χ2v) is 6.45. The van der Waals surface area contributed by atoms with Gasteiger partial charge in [-0.3, -0.25) is 4.57 Å². The molecule has 1 unspecified atom stereocenters. The molecular weight excluding hydrogens is 284 g/mol. The summed E-state index contributed by atoms with van der Waals surface area (Å²) in [6.45, 7) is 5.56. The van der Waals surface area contributed by atoms with Crippen molar-refractivity contribution in [1.29, 1.82) is 0 Å². The van der Waals surface area contributed by atoms with Crippen LogP contribution >= 0.6 is 0 Å². The van der Waals surface area contributed by atoms with Gasteiger partial charge in [-0.05, 0) is 17.9 Å². The van der Waals surface area contributed by atoms with Crippen molar-refractivity contribution in [2.24, 2.45) is 5.41 Å². The monoisotopic (exact) mass is 303 g/mol. The van der Waals surface area contributed by atoms with Crippen molar-refractivity contribution in [1.82, 2.24) is 9.55 Å². The fourth-order valence-electron chi connectivity index (χ4n) is 2.34. The second-order valence-electron chi connectivity index (χ2n) is 6.45. The van der Waals surface area contributed by atoms with Gasteiger partial charge in [0.2, 0.25) is 6.23 Å². The van der Waals surface area contributed by atoms with Gasteiger partial charge in [-0.2, -0.15) is 13.8 Å². The standard InChI is InChI=1S/C13H19F2N3O3/c1-12(2,3)6-7-9(19)13(14,15)10(21-7)18-5-4-8(16)17-11(18)20/h4-5,7,9-10,19H,6H2,1-3H3,(H2,16,17,20)/t7?,9-,10+/m0/s1. The third kappa shape index (κ3) is 3.06. The largest absolute Gasteiger partial charge is 0.384 e. The minimum atomic E-state index is -3.59. The number of aliphatic hydroxyl groups excluding tert-OH is 1. The molecule has 6 nitrogen and oxygen atoms in total. The van der Waals surface area contributed by atoms with E-state index in [2.05, 4.69) is 4.98 Å². The molecule has 0 aliphatic carbocycles. The van der Waals surface area contributed by atoms with Gasteiger partial charge in [0.05, 0.1) is 6.10 Å². The highest BCUT2D eigenvalue weighted by molar-refractivity contribution is 5.23. The molecule has 1 aliphatic rings. The van der Waals surface area contributed by atoms with Crippen molar-refractivity contribution in [2.45, 2.75) is 51.6 Å². The van der Waals surface area contributed by atoms with E-state index in [1.165, 1.54) is 6.07 Å². The number of nitrogen functional groups attached to an aromatic ring is 1. The zero-order chi connectivity index (χ0) is 16.0. The Morgan fingerprint density at radius 2 is 2.14 bits per heavy atom. The van der Waals surface area contributed by atoms with Crippen molar-refractivity contribution in [3.05, 3.63) is 22.7 Å². The molecule has 1 aromatic rings. The summed E-state index contributed by atoms with van der Waals surface area (Å²) in [4.78, 5) is 15.1. The average Bonchev–Trinajstić information content (AvgIpc) is 2.51. The quantitative estimate of drug-likeness (QED) is 0.855. The van der Waals surface area contributed by atoms with Crippen LogP contribution in [0.3, 0.4) is 0 Å². The lowest BCUT2D eigenvalue weighted by molar-refractivity contribution is -0.140. The first-order chi connectivity index (χ1) is 9.52. The molecule has 2 rings (SSSR count). The van der Waals surface area contributed by atoms with Gasteiger partial charge in [-0.1, -0.05) is 20.8 Å². The number of aromatic nitrogens is 2. The lowest BCUT2D eigenvalue weighted by atomic mass is 9.87. The predicted molar refractivity (Wildman–Crippen MR) is 71.8 cm³/mol. The summed E-state index contributed by atoms with van der Waals surface area (Å²) in [5.74, 6) is -3.65. The first kappa shape index (κ1) is 15.8. The third-order valence-corrected chi connectivity index (χ3v) is 3.30. The van der Waals surface area contributed by atoms with Crippen LogP contribution in [0.1, 0.15) is 33.4 Å². The number of alkyl halides is 2. The van der Waals surface area contributed by atoms with Crippen LogP contribution in [-0.4, -0.2) is 32.8 Å². The van der Waals surface area contributed by atoms with E-state index in [1.807, 2.05) is 20.8 Å². The van der Waals surface area contributed by atoms with Crippen LogP contribution in [0.4, 0.5) is 14.6 Å². The highest BCUT2D eigenvalue weighted by atomic mass is 19.3. The second kappa shape index (κ2) is 5.03. The number of ether oxygens (including phenoxy) is 1. The van der Waals surface area contributed by atoms with E-state index in [4.69, 9.17) is 10.5 Å². The fraction of sp³-hybridized carbons (Fsp3) is 0.692. The molecule has 21 heavy (non-hydrogen) atoms. The number of nitrogens with two attached hydrogens (primary N) is 1. The minimum absolute atomic E-state index is 0.0654. The molecule has 1 saturated heterocycles. The normalized spacial score (nSPS) is 28.8. The number of hydrogen-bond acceptors (Lipinski definition) is 5. The number of hydrogen-bond donors (Lipinski definition) is 2. The Bertz CT molecular complexity index is 583. The molecule has 0 saturated carbocycles. The molecule has 0 radical (unpaired) electrons. The van der Waals surface area contributed by atoms with Crippen molar-refractivity contribution >= 4 is 5.82 Å². The molecule has 0 bridgehead atoms. The predicted octanol–water partition coefficient (Wildman–Crippen LogP) is 1.16. The summed E-state index contributed by atoms with van der Waals surface area (Å²) in [5, 5.41) is 9.82. The fourth-order valence-corrected chi connectivity index (χ4v) is 2.34. The average molecular weight is 303 g/mol. The van der Waals surface area contributed by atoms with Gasteiger partial charge in [0.25, 0.3) is 0 Å². The molecule has 3 N–H and O–H groups in total. The first-order valence-corrected chi connectivity index (χ1v) is 6.58. The van der Waals surface area contributed by atoms with E-state index in [0.29, 0.717) is 4.57 Å². The maximum absolute atomic E-state index is 14.2. The summed E-state index contributed by atoms with van der Waals surface area (Å²) in [6.07, 6.45) is -3.60. The van der Waals surface area contributed by atoms with E-state index in [1.54, 1.807) is 0 Å². The molecule has 1 aromatic heterocycles. The Hall–Kier alpha value is -1.54. The van der Waals surface area contributed by atoms with Gasteiger partial charge in [-0.15, -0.1) is 0 Å². The lowest BCUT2D eigenvalue weighted by Crippen LogP contribution is -2.41. The SMILES string of the molecule is CC(C)(C)CC1O[C@@H](n2ccc(N)nc2=O)C(F)(F)[C@H]1O. The lowest BCUT2D eigenvalue weighted by Gasteiger charge is -2.24. The molecule has 1 aliphatic heterocycles. The number of nitrogens with zero attached hydrogens (tertiary/aromatic N) is 2. The van der Waals surface area contributed by atoms with E-state index in [9.17, 15) is 18.7 Å². The van der Waals surface area contributed by atoms with Gasteiger partial charge in [0.1, 0.15) is 11.9 Å². The zero-order valence-electron chi connectivity index (χ0n) is 12.1. The van der Waals surface area contributed by atoms with Crippen LogP contribution in [0.15, 0.2) is 17.1 Å². The molecule has 0 aromatic carbocycles. The maximum atomic E-state index is 14.2. The van der Waals surface area contributed by atoms with Gasteiger partial charge >= 0.3 is 11.6 Å². The van der Waals surface area contributed by atoms with E-state index < -0.39 is 30.0 Å². The summed E-state index contributed by atoms with van der Waals surface area (Å²) in [5.41, 5.74) is 4.08. The summed E-state index contributed by atoms with van der Waals surface area (Å²) in [7, 11) is 0. The Labute approximate surface area is 120 Å². The smallest absolute Gasteiger partial charge is 0.351 e. The maximum Gasteiger partial charge on any atom is 0.351 e.